The maximum atomic E-state index is 14.3. The zero-order valence-corrected chi connectivity index (χ0v) is 28.7. The van der Waals surface area contributed by atoms with Crippen molar-refractivity contribution in [2.75, 3.05) is 13.7 Å². The summed E-state index contributed by atoms with van der Waals surface area (Å²) in [5, 5.41) is 3.88. The standard InChI is InChI=1S/C35H45N5O7S/c1-21-29-24(25-17-23(46-3)11-12-27(25)37-21)13-14-34(47-29)19-28-30(41)38-35(32(43)39-48(44,45)33(2)15-16-33)18-22(35)9-7-5-4-6-8-10-26(36)31(42)40(28)20-34/h7,9,11-12,17,22,26,28H,4-6,8,10,13-16,18-20,36H2,1-3H3,(H,38,41)(H,39,43)/t22-,26+,28?,34-,35-/m1/s1. The van der Waals surface area contributed by atoms with Crippen molar-refractivity contribution in [3.8, 4) is 11.5 Å². The van der Waals surface area contributed by atoms with Crippen molar-refractivity contribution in [1.82, 2.24) is 19.9 Å². The second-order valence-corrected chi connectivity index (χ2v) is 16.9. The van der Waals surface area contributed by atoms with Crippen LogP contribution in [0.15, 0.2) is 30.4 Å². The fraction of sp³-hybridized carbons (Fsp3) is 0.600. The molecule has 4 heterocycles. The maximum absolute atomic E-state index is 14.3. The number of hydrogen-bond donors (Lipinski definition) is 3. The van der Waals surface area contributed by atoms with E-state index in [1.54, 1.807) is 14.0 Å². The molecule has 258 valence electrons. The lowest BCUT2D eigenvalue weighted by molar-refractivity contribution is -0.140. The molecule has 3 fully saturated rings. The number of methoxy groups -OCH3 is 1. The quantitative estimate of drug-likeness (QED) is 0.411. The van der Waals surface area contributed by atoms with Gasteiger partial charge in [-0.25, -0.2) is 13.4 Å². The van der Waals surface area contributed by atoms with E-state index < -0.39 is 49.8 Å². The number of benzene rings is 1. The Balaban J connectivity index is 1.21. The molecule has 0 radical (unpaired) electrons. The molecule has 0 bridgehead atoms. The van der Waals surface area contributed by atoms with E-state index >= 15 is 0 Å². The van der Waals surface area contributed by atoms with Crippen molar-refractivity contribution in [2.45, 2.75) is 112 Å². The van der Waals surface area contributed by atoms with Gasteiger partial charge in [0.05, 0.1) is 35.7 Å². The van der Waals surface area contributed by atoms with Gasteiger partial charge in [-0.3, -0.25) is 19.1 Å². The van der Waals surface area contributed by atoms with Gasteiger partial charge in [-0.2, -0.15) is 0 Å². The number of rotatable bonds is 4. The van der Waals surface area contributed by atoms with Crippen LogP contribution < -0.4 is 25.2 Å². The minimum Gasteiger partial charge on any atom is -0.497 e. The molecule has 13 heteroatoms. The molecule has 48 heavy (non-hydrogen) atoms. The molecule has 1 saturated heterocycles. The van der Waals surface area contributed by atoms with Gasteiger partial charge in [0, 0.05) is 23.3 Å². The Labute approximate surface area is 281 Å². The number of allylic oxidation sites excluding steroid dienone is 1. The summed E-state index contributed by atoms with van der Waals surface area (Å²) in [4.78, 5) is 48.3. The highest BCUT2D eigenvalue weighted by molar-refractivity contribution is 7.91. The Morgan fingerprint density at radius 2 is 1.96 bits per heavy atom. The number of pyridine rings is 1. The van der Waals surface area contributed by atoms with Crippen molar-refractivity contribution in [3.05, 3.63) is 41.6 Å². The van der Waals surface area contributed by atoms with Crippen LogP contribution in [0, 0.1) is 12.8 Å². The molecule has 2 saturated carbocycles. The third-order valence-electron chi connectivity index (χ3n) is 11.2. The molecule has 5 atom stereocenters. The average Bonchev–Trinajstić information content (AvgIpc) is 3.95. The van der Waals surface area contributed by atoms with Crippen molar-refractivity contribution < 1.29 is 32.3 Å². The Morgan fingerprint density at radius 3 is 2.71 bits per heavy atom. The molecular formula is C35H45N5O7S. The lowest BCUT2D eigenvalue weighted by atomic mass is 9.87. The Kier molecular flexibility index (Phi) is 8.01. The molecule has 12 nitrogen and oxygen atoms in total. The monoisotopic (exact) mass is 679 g/mol. The number of amides is 3. The van der Waals surface area contributed by atoms with Gasteiger partial charge < -0.3 is 25.4 Å². The second-order valence-electron chi connectivity index (χ2n) is 14.7. The summed E-state index contributed by atoms with van der Waals surface area (Å²) >= 11 is 0. The molecule has 2 aromatic rings. The first-order valence-corrected chi connectivity index (χ1v) is 18.6. The van der Waals surface area contributed by atoms with Gasteiger partial charge in [0.25, 0.3) is 5.91 Å². The number of aromatic nitrogens is 1. The summed E-state index contributed by atoms with van der Waals surface area (Å²) in [7, 11) is -2.31. The van der Waals surface area contributed by atoms with E-state index in [0.717, 1.165) is 42.1 Å². The topological polar surface area (TPSA) is 170 Å². The van der Waals surface area contributed by atoms with Gasteiger partial charge in [-0.1, -0.05) is 25.0 Å². The largest absolute Gasteiger partial charge is 0.497 e. The van der Waals surface area contributed by atoms with E-state index in [4.69, 9.17) is 20.2 Å². The molecule has 1 aromatic heterocycles. The van der Waals surface area contributed by atoms with Gasteiger partial charge in [-0.05, 0) is 83.4 Å². The van der Waals surface area contributed by atoms with E-state index in [-0.39, 0.29) is 31.2 Å². The molecule has 7 rings (SSSR count). The first-order chi connectivity index (χ1) is 22.8. The van der Waals surface area contributed by atoms with Crippen LogP contribution in [0.3, 0.4) is 0 Å². The predicted molar refractivity (Wildman–Crippen MR) is 179 cm³/mol. The minimum atomic E-state index is -3.93. The van der Waals surface area contributed by atoms with Crippen LogP contribution in [-0.4, -0.2) is 77.6 Å². The zero-order valence-electron chi connectivity index (χ0n) is 27.8. The molecule has 3 amide bonds. The number of carbonyl (C=O) groups excluding carboxylic acids is 3. The normalized spacial score (nSPS) is 31.4. The summed E-state index contributed by atoms with van der Waals surface area (Å²) in [5.41, 5.74) is 6.71. The van der Waals surface area contributed by atoms with E-state index in [9.17, 15) is 22.8 Å². The van der Waals surface area contributed by atoms with Crippen molar-refractivity contribution >= 4 is 38.6 Å². The maximum Gasteiger partial charge on any atom is 0.259 e. The SMILES string of the molecule is COc1ccc2nc(C)c3c(c2c1)CC[C@]1(CC2C(=O)N[C@]4(C(=O)NS(=O)(=O)C5(C)CC5)C[C@H]4C=CCCCCC[C@H](N)C(=O)N2C1)O3. The number of ether oxygens (including phenoxy) is 2. The highest BCUT2D eigenvalue weighted by Crippen LogP contribution is 2.49. The number of nitrogens with one attached hydrogen (secondary N) is 2. The number of hydrogen-bond acceptors (Lipinski definition) is 9. The highest BCUT2D eigenvalue weighted by Gasteiger charge is 2.63. The van der Waals surface area contributed by atoms with Gasteiger partial charge in [0.1, 0.15) is 28.7 Å². The smallest absolute Gasteiger partial charge is 0.259 e. The molecule has 1 aromatic carbocycles. The number of sulfonamides is 1. The van der Waals surface area contributed by atoms with Gasteiger partial charge in [0.15, 0.2) is 0 Å². The van der Waals surface area contributed by atoms with E-state index in [1.165, 1.54) is 4.90 Å². The number of aryl methyl sites for hydroxylation is 2. The predicted octanol–water partition coefficient (Wildman–Crippen LogP) is 2.94. The van der Waals surface area contributed by atoms with Crippen LogP contribution in [-0.2, 0) is 30.8 Å². The summed E-state index contributed by atoms with van der Waals surface area (Å²) in [5.74, 6) is -0.601. The number of nitrogens with two attached hydrogens (primary N) is 1. The van der Waals surface area contributed by atoms with E-state index in [1.807, 2.05) is 37.3 Å². The highest BCUT2D eigenvalue weighted by atomic mass is 32.2. The van der Waals surface area contributed by atoms with Crippen LogP contribution in [0.2, 0.25) is 0 Å². The third kappa shape index (κ3) is 5.62. The first kappa shape index (κ1) is 32.8. The zero-order chi connectivity index (χ0) is 34.1. The minimum absolute atomic E-state index is 0.155. The Bertz CT molecular complexity index is 1820. The summed E-state index contributed by atoms with van der Waals surface area (Å²) in [6.45, 7) is 3.66. The average molecular weight is 680 g/mol. The molecular weight excluding hydrogens is 634 g/mol. The van der Waals surface area contributed by atoms with Crippen molar-refractivity contribution in [2.24, 2.45) is 11.7 Å². The van der Waals surface area contributed by atoms with Gasteiger partial charge in [-0.15, -0.1) is 0 Å². The van der Waals surface area contributed by atoms with E-state index in [2.05, 4.69) is 10.0 Å². The van der Waals surface area contributed by atoms with Crippen LogP contribution in [0.1, 0.15) is 82.4 Å². The third-order valence-corrected chi connectivity index (χ3v) is 13.4. The van der Waals surface area contributed by atoms with E-state index in [0.29, 0.717) is 49.3 Å². The van der Waals surface area contributed by atoms with Crippen LogP contribution >= 0.6 is 0 Å². The van der Waals surface area contributed by atoms with Crippen LogP contribution in [0.25, 0.3) is 10.9 Å². The fourth-order valence-corrected chi connectivity index (χ4v) is 9.00. The molecule has 3 aliphatic heterocycles. The number of fused-ring (bicyclic) bond motifs is 5. The van der Waals surface area contributed by atoms with Crippen molar-refractivity contribution in [3.63, 3.8) is 0 Å². The second kappa shape index (κ2) is 11.7. The molecule has 1 unspecified atom stereocenters. The lowest BCUT2D eigenvalue weighted by Gasteiger charge is -2.36. The van der Waals surface area contributed by atoms with Gasteiger partial charge in [0.2, 0.25) is 21.8 Å². The molecule has 5 aliphatic rings. The van der Waals surface area contributed by atoms with Crippen molar-refractivity contribution in [1.29, 1.82) is 0 Å². The first-order valence-electron chi connectivity index (χ1n) is 17.1. The van der Waals surface area contributed by atoms with Gasteiger partial charge >= 0.3 is 0 Å². The lowest BCUT2D eigenvalue weighted by Crippen LogP contribution is -2.58. The molecule has 4 N–H and O–H groups in total. The molecule has 1 spiro atoms. The fourth-order valence-electron chi connectivity index (χ4n) is 7.69. The Hall–Kier alpha value is -3.71. The number of nitrogens with zero attached hydrogens (tertiary/aromatic N) is 2. The summed E-state index contributed by atoms with van der Waals surface area (Å²) in [6.07, 6.45) is 10.3. The molecule has 2 aliphatic carbocycles. The van der Waals surface area contributed by atoms with Crippen LogP contribution in [0.4, 0.5) is 0 Å². The number of carbonyl (C=O) groups is 3. The summed E-state index contributed by atoms with van der Waals surface area (Å²) in [6, 6.07) is 3.99. The summed E-state index contributed by atoms with van der Waals surface area (Å²) < 4.78 is 39.7. The Morgan fingerprint density at radius 1 is 1.17 bits per heavy atom. The van der Waals surface area contributed by atoms with Crippen LogP contribution in [0.5, 0.6) is 11.5 Å².